The topological polar surface area (TPSA) is 84.7 Å². The van der Waals surface area contributed by atoms with Crippen molar-refractivity contribution in [3.8, 4) is 0 Å². The van der Waals surface area contributed by atoms with Crippen molar-refractivity contribution >= 4 is 17.5 Å². The lowest BCUT2D eigenvalue weighted by Crippen LogP contribution is -2.48. The van der Waals surface area contributed by atoms with Gasteiger partial charge in [0.05, 0.1) is 12.2 Å². The molecule has 1 heterocycles. The molecule has 1 aromatic rings. The molecule has 0 aliphatic carbocycles. The van der Waals surface area contributed by atoms with E-state index in [1.165, 1.54) is 0 Å². The maximum absolute atomic E-state index is 12.5. The minimum Gasteiger partial charge on any atom is -0.372 e. The van der Waals surface area contributed by atoms with E-state index in [0.29, 0.717) is 30.9 Å². The Labute approximate surface area is 130 Å². The van der Waals surface area contributed by atoms with E-state index in [1.54, 1.807) is 29.2 Å². The predicted molar refractivity (Wildman–Crippen MR) is 84.7 cm³/mol. The zero-order valence-corrected chi connectivity index (χ0v) is 13.0. The van der Waals surface area contributed by atoms with E-state index >= 15 is 0 Å². The van der Waals surface area contributed by atoms with Crippen LogP contribution in [0.15, 0.2) is 24.3 Å². The standard InChI is InChI=1S/C16H23N3O3/c1-11-9-19(10-12(2)22-11)16(21)13-3-5-14(6-4-13)18-15(20)7-8-17/h3-6,11-12H,7-10,17H2,1-2H3,(H,18,20). The Hall–Kier alpha value is -1.92. The summed E-state index contributed by atoms with van der Waals surface area (Å²) in [5.74, 6) is -0.140. The first-order valence-electron chi connectivity index (χ1n) is 7.54. The largest absolute Gasteiger partial charge is 0.372 e. The van der Waals surface area contributed by atoms with E-state index in [-0.39, 0.29) is 30.4 Å². The molecule has 1 aliphatic heterocycles. The molecule has 6 nitrogen and oxygen atoms in total. The number of hydrogen-bond donors (Lipinski definition) is 2. The van der Waals surface area contributed by atoms with Gasteiger partial charge in [0.2, 0.25) is 5.91 Å². The fraction of sp³-hybridized carbons (Fsp3) is 0.500. The molecule has 1 aliphatic rings. The summed E-state index contributed by atoms with van der Waals surface area (Å²) in [7, 11) is 0. The van der Waals surface area contributed by atoms with Crippen molar-refractivity contribution < 1.29 is 14.3 Å². The summed E-state index contributed by atoms with van der Waals surface area (Å²) in [5, 5.41) is 2.74. The quantitative estimate of drug-likeness (QED) is 0.876. The molecule has 2 atom stereocenters. The average molecular weight is 305 g/mol. The maximum Gasteiger partial charge on any atom is 0.254 e. The number of rotatable bonds is 4. The van der Waals surface area contributed by atoms with E-state index in [9.17, 15) is 9.59 Å². The Balaban J connectivity index is 2.00. The number of hydrogen-bond acceptors (Lipinski definition) is 4. The van der Waals surface area contributed by atoms with Crippen molar-refractivity contribution in [1.29, 1.82) is 0 Å². The molecule has 1 aromatic carbocycles. The van der Waals surface area contributed by atoms with Gasteiger partial charge in [-0.1, -0.05) is 0 Å². The molecule has 1 fully saturated rings. The monoisotopic (exact) mass is 305 g/mol. The molecule has 2 unspecified atom stereocenters. The second kappa shape index (κ2) is 7.38. The van der Waals surface area contributed by atoms with Crippen LogP contribution in [0, 0.1) is 0 Å². The van der Waals surface area contributed by atoms with Crippen LogP contribution in [-0.2, 0) is 9.53 Å². The van der Waals surface area contributed by atoms with Gasteiger partial charge in [0.25, 0.3) is 5.91 Å². The fourth-order valence-electron chi connectivity index (χ4n) is 2.58. The van der Waals surface area contributed by atoms with Crippen LogP contribution in [-0.4, -0.2) is 48.6 Å². The highest BCUT2D eigenvalue weighted by molar-refractivity contribution is 5.96. The SMILES string of the molecule is CC1CN(C(=O)c2ccc(NC(=O)CCN)cc2)CC(C)O1. The number of ether oxygens (including phenoxy) is 1. The van der Waals surface area contributed by atoms with E-state index in [4.69, 9.17) is 10.5 Å². The van der Waals surface area contributed by atoms with Crippen LogP contribution < -0.4 is 11.1 Å². The summed E-state index contributed by atoms with van der Waals surface area (Å²) in [4.78, 5) is 25.8. The number of nitrogens with one attached hydrogen (secondary N) is 1. The maximum atomic E-state index is 12.5. The molecular weight excluding hydrogens is 282 g/mol. The summed E-state index contributed by atoms with van der Waals surface area (Å²) in [6.45, 7) is 5.43. The number of nitrogens with zero attached hydrogens (tertiary/aromatic N) is 1. The van der Waals surface area contributed by atoms with Crippen LogP contribution in [0.3, 0.4) is 0 Å². The van der Waals surface area contributed by atoms with Gasteiger partial charge in [-0.2, -0.15) is 0 Å². The Kier molecular flexibility index (Phi) is 5.51. The molecule has 2 amide bonds. The highest BCUT2D eigenvalue weighted by atomic mass is 16.5. The second-order valence-corrected chi connectivity index (χ2v) is 5.63. The lowest BCUT2D eigenvalue weighted by molar-refractivity contribution is -0.116. The summed E-state index contributed by atoms with van der Waals surface area (Å²) in [5.41, 5.74) is 6.61. The number of nitrogens with two attached hydrogens (primary N) is 1. The molecule has 3 N–H and O–H groups in total. The lowest BCUT2D eigenvalue weighted by Gasteiger charge is -2.35. The molecule has 0 aromatic heterocycles. The van der Waals surface area contributed by atoms with Crippen LogP contribution >= 0.6 is 0 Å². The van der Waals surface area contributed by atoms with Crippen molar-refractivity contribution in [2.75, 3.05) is 25.0 Å². The number of carbonyl (C=O) groups excluding carboxylic acids is 2. The number of carbonyl (C=O) groups is 2. The third-order valence-electron chi connectivity index (χ3n) is 3.49. The first-order chi connectivity index (χ1) is 10.5. The van der Waals surface area contributed by atoms with Gasteiger partial charge < -0.3 is 20.7 Å². The second-order valence-electron chi connectivity index (χ2n) is 5.63. The van der Waals surface area contributed by atoms with Gasteiger partial charge in [-0.3, -0.25) is 9.59 Å². The van der Waals surface area contributed by atoms with Crippen LogP contribution in [0.2, 0.25) is 0 Å². The first-order valence-corrected chi connectivity index (χ1v) is 7.54. The number of benzene rings is 1. The van der Waals surface area contributed by atoms with Crippen LogP contribution in [0.4, 0.5) is 5.69 Å². The van der Waals surface area contributed by atoms with Gasteiger partial charge in [-0.15, -0.1) is 0 Å². The minimum absolute atomic E-state index is 0.0122. The van der Waals surface area contributed by atoms with Crippen LogP contribution in [0.25, 0.3) is 0 Å². The average Bonchev–Trinajstić information content (AvgIpc) is 2.46. The van der Waals surface area contributed by atoms with Gasteiger partial charge in [-0.05, 0) is 38.1 Å². The Bertz CT molecular complexity index is 520. The normalized spacial score (nSPS) is 21.5. The van der Waals surface area contributed by atoms with Gasteiger partial charge in [0.1, 0.15) is 0 Å². The van der Waals surface area contributed by atoms with Gasteiger partial charge in [0, 0.05) is 37.3 Å². The zero-order chi connectivity index (χ0) is 16.1. The first kappa shape index (κ1) is 16.5. The van der Waals surface area contributed by atoms with Crippen molar-refractivity contribution in [3.63, 3.8) is 0 Å². The number of anilines is 1. The van der Waals surface area contributed by atoms with Gasteiger partial charge in [0.15, 0.2) is 0 Å². The molecule has 6 heteroatoms. The molecule has 2 rings (SSSR count). The van der Waals surface area contributed by atoms with Gasteiger partial charge in [-0.25, -0.2) is 0 Å². The van der Waals surface area contributed by atoms with Gasteiger partial charge >= 0.3 is 0 Å². The minimum atomic E-state index is -0.127. The number of amides is 2. The van der Waals surface area contributed by atoms with Crippen molar-refractivity contribution in [3.05, 3.63) is 29.8 Å². The van der Waals surface area contributed by atoms with Crippen molar-refractivity contribution in [1.82, 2.24) is 4.90 Å². The molecule has 0 spiro atoms. The lowest BCUT2D eigenvalue weighted by atomic mass is 10.1. The summed E-state index contributed by atoms with van der Waals surface area (Å²) >= 11 is 0. The molecule has 0 bridgehead atoms. The number of morpholine rings is 1. The molecule has 1 saturated heterocycles. The summed E-state index contributed by atoms with van der Waals surface area (Å²) < 4.78 is 5.64. The summed E-state index contributed by atoms with van der Waals surface area (Å²) in [6.07, 6.45) is 0.370. The molecule has 0 radical (unpaired) electrons. The third-order valence-corrected chi connectivity index (χ3v) is 3.49. The van der Waals surface area contributed by atoms with E-state index in [2.05, 4.69) is 5.32 Å². The highest BCUT2D eigenvalue weighted by Gasteiger charge is 2.26. The van der Waals surface area contributed by atoms with Crippen molar-refractivity contribution in [2.24, 2.45) is 5.73 Å². The zero-order valence-electron chi connectivity index (χ0n) is 13.0. The Morgan fingerprint density at radius 3 is 2.36 bits per heavy atom. The molecule has 0 saturated carbocycles. The third kappa shape index (κ3) is 4.29. The Morgan fingerprint density at radius 1 is 1.23 bits per heavy atom. The Morgan fingerprint density at radius 2 is 1.82 bits per heavy atom. The highest BCUT2D eigenvalue weighted by Crippen LogP contribution is 2.16. The van der Waals surface area contributed by atoms with Crippen LogP contribution in [0.5, 0.6) is 0 Å². The van der Waals surface area contributed by atoms with E-state index in [0.717, 1.165) is 0 Å². The molecule has 22 heavy (non-hydrogen) atoms. The smallest absolute Gasteiger partial charge is 0.254 e. The molecular formula is C16H23N3O3. The van der Waals surface area contributed by atoms with E-state index < -0.39 is 0 Å². The van der Waals surface area contributed by atoms with Crippen LogP contribution in [0.1, 0.15) is 30.6 Å². The fourth-order valence-corrected chi connectivity index (χ4v) is 2.58. The van der Waals surface area contributed by atoms with Crippen molar-refractivity contribution in [2.45, 2.75) is 32.5 Å². The molecule has 120 valence electrons. The summed E-state index contributed by atoms with van der Waals surface area (Å²) in [6, 6.07) is 6.92. The van der Waals surface area contributed by atoms with E-state index in [1.807, 2.05) is 13.8 Å². The predicted octanol–water partition coefficient (Wildman–Crippen LogP) is 1.22.